The van der Waals surface area contributed by atoms with Gasteiger partial charge in [-0.25, -0.2) is 0 Å². The summed E-state index contributed by atoms with van der Waals surface area (Å²) in [6.45, 7) is 6.31. The summed E-state index contributed by atoms with van der Waals surface area (Å²) < 4.78 is 0. The van der Waals surface area contributed by atoms with Crippen LogP contribution in [0.1, 0.15) is 141 Å². The molecule has 0 atom stereocenters. The van der Waals surface area contributed by atoms with Crippen molar-refractivity contribution in [3.63, 3.8) is 0 Å². The molecule has 0 saturated heterocycles. The lowest BCUT2D eigenvalue weighted by molar-refractivity contribution is 0.262. The highest BCUT2D eigenvalue weighted by Gasteiger charge is 2.12. The number of hydrogen-bond acceptors (Lipinski definition) is 4. The molecule has 34 heavy (non-hydrogen) atoms. The van der Waals surface area contributed by atoms with Gasteiger partial charge in [0.15, 0.2) is 0 Å². The molecular formula is C30H62N4. The van der Waals surface area contributed by atoms with Crippen LogP contribution in [0.3, 0.4) is 0 Å². The molecule has 2 aliphatic rings. The van der Waals surface area contributed by atoms with Gasteiger partial charge in [-0.2, -0.15) is 0 Å². The molecule has 0 radical (unpaired) electrons. The van der Waals surface area contributed by atoms with Crippen molar-refractivity contribution in [1.29, 1.82) is 0 Å². The fraction of sp³-hybridized carbons (Fsp3) is 1.00. The van der Waals surface area contributed by atoms with Gasteiger partial charge in [0.05, 0.1) is 0 Å². The zero-order valence-corrected chi connectivity index (χ0v) is 23.0. The van der Waals surface area contributed by atoms with E-state index in [1.165, 1.54) is 141 Å². The zero-order chi connectivity index (χ0) is 23.9. The molecule has 0 amide bonds. The van der Waals surface area contributed by atoms with Gasteiger partial charge in [-0.1, -0.05) is 116 Å². The minimum Gasteiger partial charge on any atom is -0.329 e. The standard InChI is InChI=1S/C30H62N4/c31-23-26-34(27-24-32-29-19-15-11-7-3-1-4-8-12-16-20-29)28-25-33-30-21-17-13-9-5-2-6-10-14-18-22-30/h29-30,32-33H,1-28,31H2. The van der Waals surface area contributed by atoms with E-state index >= 15 is 0 Å². The predicted octanol–water partition coefficient (Wildman–Crippen LogP) is 6.77. The Balaban J connectivity index is 1.65. The Hall–Kier alpha value is -0.160. The quantitative estimate of drug-likeness (QED) is 0.324. The first-order chi connectivity index (χ1) is 16.9. The molecule has 0 unspecified atom stereocenters. The highest BCUT2D eigenvalue weighted by Crippen LogP contribution is 2.18. The summed E-state index contributed by atoms with van der Waals surface area (Å²) in [5.74, 6) is 0. The van der Waals surface area contributed by atoms with Crippen LogP contribution >= 0.6 is 0 Å². The van der Waals surface area contributed by atoms with Crippen LogP contribution in [0.2, 0.25) is 0 Å². The molecule has 2 aliphatic carbocycles. The molecule has 4 heteroatoms. The lowest BCUT2D eigenvalue weighted by atomic mass is 9.98. The largest absolute Gasteiger partial charge is 0.329 e. The van der Waals surface area contributed by atoms with Crippen molar-refractivity contribution in [2.45, 2.75) is 153 Å². The SMILES string of the molecule is NCCN(CCNC1CCCCCCCCCCC1)CCNC1CCCCCCCCCCC1. The molecule has 0 spiro atoms. The molecule has 2 saturated carbocycles. The Bertz CT molecular complexity index is 370. The second kappa shape index (κ2) is 22.1. The maximum absolute atomic E-state index is 5.97. The molecular weight excluding hydrogens is 416 g/mol. The average molecular weight is 479 g/mol. The lowest BCUT2D eigenvalue weighted by Crippen LogP contribution is -2.43. The summed E-state index contributed by atoms with van der Waals surface area (Å²) in [5.41, 5.74) is 5.97. The first kappa shape index (κ1) is 30.1. The van der Waals surface area contributed by atoms with Crippen LogP contribution in [-0.2, 0) is 0 Å². The Kier molecular flexibility index (Phi) is 19.5. The summed E-state index contributed by atoms with van der Waals surface area (Å²) in [5, 5.41) is 7.88. The minimum absolute atomic E-state index is 0.730. The van der Waals surface area contributed by atoms with Crippen molar-refractivity contribution in [3.8, 4) is 0 Å². The second-order valence-electron chi connectivity index (χ2n) is 11.5. The van der Waals surface area contributed by atoms with Crippen LogP contribution in [-0.4, -0.2) is 56.3 Å². The molecule has 202 valence electrons. The lowest BCUT2D eigenvalue weighted by Gasteiger charge is -2.26. The van der Waals surface area contributed by atoms with Crippen LogP contribution in [0.5, 0.6) is 0 Å². The molecule has 0 aromatic rings. The van der Waals surface area contributed by atoms with Gasteiger partial charge in [0.25, 0.3) is 0 Å². The molecule has 4 nitrogen and oxygen atoms in total. The normalized spacial score (nSPS) is 22.4. The highest BCUT2D eigenvalue weighted by molar-refractivity contribution is 4.73. The van der Waals surface area contributed by atoms with Crippen molar-refractivity contribution < 1.29 is 0 Å². The molecule has 0 aromatic carbocycles. The van der Waals surface area contributed by atoms with E-state index in [2.05, 4.69) is 15.5 Å². The Morgan fingerprint density at radius 2 is 0.735 bits per heavy atom. The van der Waals surface area contributed by atoms with E-state index in [1.54, 1.807) is 0 Å². The van der Waals surface area contributed by atoms with Crippen molar-refractivity contribution >= 4 is 0 Å². The number of nitrogens with zero attached hydrogens (tertiary/aromatic N) is 1. The monoisotopic (exact) mass is 478 g/mol. The highest BCUT2D eigenvalue weighted by atomic mass is 15.2. The Morgan fingerprint density at radius 3 is 1.03 bits per heavy atom. The maximum Gasteiger partial charge on any atom is 0.0108 e. The summed E-state index contributed by atoms with van der Waals surface area (Å²) in [6, 6.07) is 1.46. The third-order valence-electron chi connectivity index (χ3n) is 8.38. The number of nitrogens with two attached hydrogens (primary N) is 1. The van der Waals surface area contributed by atoms with E-state index in [0.717, 1.165) is 51.4 Å². The van der Waals surface area contributed by atoms with E-state index in [0.29, 0.717) is 0 Å². The molecule has 2 fully saturated rings. The fourth-order valence-electron chi connectivity index (χ4n) is 6.11. The van der Waals surface area contributed by atoms with Crippen molar-refractivity contribution in [3.05, 3.63) is 0 Å². The molecule has 2 rings (SSSR count). The van der Waals surface area contributed by atoms with Gasteiger partial charge in [0.1, 0.15) is 0 Å². The van der Waals surface area contributed by atoms with Crippen LogP contribution in [0.15, 0.2) is 0 Å². The van der Waals surface area contributed by atoms with Gasteiger partial charge in [0, 0.05) is 51.4 Å². The minimum atomic E-state index is 0.730. The predicted molar refractivity (Wildman–Crippen MR) is 151 cm³/mol. The van der Waals surface area contributed by atoms with E-state index in [-0.39, 0.29) is 0 Å². The average Bonchev–Trinajstić information content (AvgIpc) is 2.82. The molecule has 0 aromatic heterocycles. The van der Waals surface area contributed by atoms with Gasteiger partial charge >= 0.3 is 0 Å². The third kappa shape index (κ3) is 16.5. The third-order valence-corrected chi connectivity index (χ3v) is 8.38. The second-order valence-corrected chi connectivity index (χ2v) is 11.5. The molecule has 0 heterocycles. The van der Waals surface area contributed by atoms with Crippen LogP contribution in [0.4, 0.5) is 0 Å². The van der Waals surface area contributed by atoms with Gasteiger partial charge in [-0.3, -0.25) is 4.90 Å². The molecule has 0 aliphatic heterocycles. The van der Waals surface area contributed by atoms with E-state index in [4.69, 9.17) is 5.73 Å². The first-order valence-corrected chi connectivity index (χ1v) is 15.8. The Labute approximate surface area is 214 Å². The number of hydrogen-bond donors (Lipinski definition) is 3. The smallest absolute Gasteiger partial charge is 0.0108 e. The van der Waals surface area contributed by atoms with Crippen molar-refractivity contribution in [2.75, 3.05) is 39.3 Å². The zero-order valence-electron chi connectivity index (χ0n) is 23.0. The summed E-state index contributed by atoms with van der Waals surface area (Å²) in [7, 11) is 0. The van der Waals surface area contributed by atoms with Crippen molar-refractivity contribution in [1.82, 2.24) is 15.5 Å². The van der Waals surface area contributed by atoms with Gasteiger partial charge < -0.3 is 16.4 Å². The summed E-state index contributed by atoms with van der Waals surface area (Å²) in [6.07, 6.45) is 31.5. The van der Waals surface area contributed by atoms with Crippen LogP contribution in [0.25, 0.3) is 0 Å². The van der Waals surface area contributed by atoms with Crippen molar-refractivity contribution in [2.24, 2.45) is 5.73 Å². The number of nitrogens with one attached hydrogen (secondary N) is 2. The van der Waals surface area contributed by atoms with E-state index in [1.807, 2.05) is 0 Å². The maximum atomic E-state index is 5.97. The summed E-state index contributed by atoms with van der Waals surface area (Å²) >= 11 is 0. The van der Waals surface area contributed by atoms with Crippen LogP contribution in [0, 0.1) is 0 Å². The van der Waals surface area contributed by atoms with E-state index < -0.39 is 0 Å². The fourth-order valence-corrected chi connectivity index (χ4v) is 6.11. The number of rotatable bonds is 10. The van der Waals surface area contributed by atoms with Gasteiger partial charge in [-0.05, 0) is 25.7 Å². The molecule has 0 bridgehead atoms. The van der Waals surface area contributed by atoms with Gasteiger partial charge in [-0.15, -0.1) is 0 Å². The van der Waals surface area contributed by atoms with Gasteiger partial charge in [0.2, 0.25) is 0 Å². The summed E-state index contributed by atoms with van der Waals surface area (Å²) in [4.78, 5) is 2.59. The Morgan fingerprint density at radius 1 is 0.441 bits per heavy atom. The first-order valence-electron chi connectivity index (χ1n) is 15.8. The topological polar surface area (TPSA) is 53.3 Å². The molecule has 4 N–H and O–H groups in total. The van der Waals surface area contributed by atoms with Crippen LogP contribution < -0.4 is 16.4 Å². The van der Waals surface area contributed by atoms with E-state index in [9.17, 15) is 0 Å².